The van der Waals surface area contributed by atoms with Crippen molar-refractivity contribution < 1.29 is 0 Å². The maximum absolute atomic E-state index is 5.94. The third-order valence-corrected chi connectivity index (χ3v) is 3.64. The summed E-state index contributed by atoms with van der Waals surface area (Å²) < 4.78 is 0. The van der Waals surface area contributed by atoms with Crippen LogP contribution in [0.25, 0.3) is 0 Å². The van der Waals surface area contributed by atoms with Crippen LogP contribution in [0.5, 0.6) is 0 Å². The summed E-state index contributed by atoms with van der Waals surface area (Å²) in [4.78, 5) is 9.05. The van der Waals surface area contributed by atoms with Gasteiger partial charge in [0, 0.05) is 31.9 Å². The summed E-state index contributed by atoms with van der Waals surface area (Å²) in [7, 11) is 0. The van der Waals surface area contributed by atoms with E-state index in [-0.39, 0.29) is 0 Å². The lowest BCUT2D eigenvalue weighted by Gasteiger charge is -2.36. The van der Waals surface area contributed by atoms with Gasteiger partial charge >= 0.3 is 0 Å². The van der Waals surface area contributed by atoms with Crippen LogP contribution in [0.15, 0.2) is 48.5 Å². The third kappa shape index (κ3) is 2.82. The summed E-state index contributed by atoms with van der Waals surface area (Å²) in [6.45, 7) is 3.97. The van der Waals surface area contributed by atoms with Crippen molar-refractivity contribution >= 4 is 23.1 Å². The van der Waals surface area contributed by atoms with Gasteiger partial charge in [-0.15, -0.1) is 0 Å². The van der Waals surface area contributed by atoms with Crippen LogP contribution in [0.4, 0.5) is 11.5 Å². The minimum Gasteiger partial charge on any atom is -0.368 e. The van der Waals surface area contributed by atoms with Crippen molar-refractivity contribution in [2.24, 2.45) is 0 Å². The first-order valence-electron chi connectivity index (χ1n) is 6.50. The molecule has 1 aliphatic heterocycles. The predicted molar refractivity (Wildman–Crippen MR) is 80.1 cm³/mol. The first-order valence-corrected chi connectivity index (χ1v) is 6.88. The number of anilines is 2. The number of rotatable bonds is 2. The molecule has 2 aromatic rings. The van der Waals surface area contributed by atoms with Gasteiger partial charge in [0.05, 0.1) is 0 Å². The van der Waals surface area contributed by atoms with Crippen LogP contribution in [0.1, 0.15) is 0 Å². The number of benzene rings is 1. The van der Waals surface area contributed by atoms with Gasteiger partial charge in [0.2, 0.25) is 0 Å². The Morgan fingerprint density at radius 2 is 1.47 bits per heavy atom. The van der Waals surface area contributed by atoms with Crippen molar-refractivity contribution in [3.8, 4) is 0 Å². The fourth-order valence-electron chi connectivity index (χ4n) is 2.41. The second-order valence-electron chi connectivity index (χ2n) is 4.63. The summed E-state index contributed by atoms with van der Waals surface area (Å²) in [6.07, 6.45) is 0. The molecule has 0 aliphatic carbocycles. The highest BCUT2D eigenvalue weighted by atomic mass is 35.5. The van der Waals surface area contributed by atoms with Crippen molar-refractivity contribution in [2.45, 2.75) is 0 Å². The first-order chi connectivity index (χ1) is 9.33. The standard InChI is InChI=1S/C15H16ClN3/c16-14-7-4-8-15(17-14)19-11-9-18(10-12-19)13-5-2-1-3-6-13/h1-8H,9-12H2. The maximum atomic E-state index is 5.94. The quantitative estimate of drug-likeness (QED) is 0.784. The number of pyridine rings is 1. The van der Waals surface area contributed by atoms with Crippen molar-refractivity contribution in [3.63, 3.8) is 0 Å². The molecule has 0 bridgehead atoms. The second-order valence-corrected chi connectivity index (χ2v) is 5.02. The number of hydrogen-bond donors (Lipinski definition) is 0. The van der Waals surface area contributed by atoms with E-state index < -0.39 is 0 Å². The summed E-state index contributed by atoms with van der Waals surface area (Å²) in [6, 6.07) is 16.3. The van der Waals surface area contributed by atoms with Crippen LogP contribution in [-0.4, -0.2) is 31.2 Å². The number of halogens is 1. The van der Waals surface area contributed by atoms with Crippen LogP contribution in [0.2, 0.25) is 5.15 Å². The van der Waals surface area contributed by atoms with E-state index in [0.717, 1.165) is 32.0 Å². The van der Waals surface area contributed by atoms with Crippen LogP contribution < -0.4 is 9.80 Å². The fraction of sp³-hybridized carbons (Fsp3) is 0.267. The van der Waals surface area contributed by atoms with Gasteiger partial charge in [0.1, 0.15) is 11.0 Å². The molecule has 3 rings (SSSR count). The predicted octanol–water partition coefficient (Wildman–Crippen LogP) is 3.06. The average Bonchev–Trinajstić information content (AvgIpc) is 2.48. The van der Waals surface area contributed by atoms with Crippen molar-refractivity contribution in [2.75, 3.05) is 36.0 Å². The lowest BCUT2D eigenvalue weighted by atomic mass is 10.2. The third-order valence-electron chi connectivity index (χ3n) is 3.43. The molecule has 0 N–H and O–H groups in total. The molecule has 0 saturated carbocycles. The monoisotopic (exact) mass is 273 g/mol. The molecule has 3 nitrogen and oxygen atoms in total. The van der Waals surface area contributed by atoms with Crippen LogP contribution in [0.3, 0.4) is 0 Å². The largest absolute Gasteiger partial charge is 0.368 e. The molecule has 0 unspecified atom stereocenters. The molecular formula is C15H16ClN3. The second kappa shape index (κ2) is 5.49. The summed E-state index contributed by atoms with van der Waals surface area (Å²) in [5, 5.41) is 0.558. The minimum atomic E-state index is 0.558. The summed E-state index contributed by atoms with van der Waals surface area (Å²) in [5.74, 6) is 0.972. The maximum Gasteiger partial charge on any atom is 0.131 e. The fourth-order valence-corrected chi connectivity index (χ4v) is 2.57. The van der Waals surface area contributed by atoms with Crippen molar-refractivity contribution in [1.29, 1.82) is 0 Å². The van der Waals surface area contributed by atoms with E-state index in [0.29, 0.717) is 5.15 Å². The minimum absolute atomic E-state index is 0.558. The normalized spacial score (nSPS) is 15.6. The highest BCUT2D eigenvalue weighted by Gasteiger charge is 2.18. The number of para-hydroxylation sites is 1. The number of hydrogen-bond acceptors (Lipinski definition) is 3. The Bertz CT molecular complexity index is 536. The zero-order valence-electron chi connectivity index (χ0n) is 10.7. The number of aromatic nitrogens is 1. The molecule has 1 aliphatic rings. The van der Waals surface area contributed by atoms with E-state index in [1.54, 1.807) is 0 Å². The molecule has 4 heteroatoms. The number of piperazine rings is 1. The molecule has 0 amide bonds. The van der Waals surface area contributed by atoms with Crippen LogP contribution in [0, 0.1) is 0 Å². The van der Waals surface area contributed by atoms with E-state index in [9.17, 15) is 0 Å². The van der Waals surface area contributed by atoms with Gasteiger partial charge in [0.25, 0.3) is 0 Å². The molecule has 1 fully saturated rings. The van der Waals surface area contributed by atoms with Gasteiger partial charge in [-0.3, -0.25) is 0 Å². The molecule has 0 atom stereocenters. The molecule has 0 radical (unpaired) electrons. The Kier molecular flexibility index (Phi) is 3.56. The Balaban J connectivity index is 1.67. The van der Waals surface area contributed by atoms with Crippen molar-refractivity contribution in [1.82, 2.24) is 4.98 Å². The zero-order valence-corrected chi connectivity index (χ0v) is 11.4. The van der Waals surface area contributed by atoms with Gasteiger partial charge < -0.3 is 9.80 Å². The van der Waals surface area contributed by atoms with E-state index >= 15 is 0 Å². The topological polar surface area (TPSA) is 19.4 Å². The smallest absolute Gasteiger partial charge is 0.131 e. The van der Waals surface area contributed by atoms with Gasteiger partial charge in [0.15, 0.2) is 0 Å². The van der Waals surface area contributed by atoms with E-state index in [4.69, 9.17) is 11.6 Å². The lowest BCUT2D eigenvalue weighted by molar-refractivity contribution is 0.647. The van der Waals surface area contributed by atoms with Crippen LogP contribution in [-0.2, 0) is 0 Å². The Morgan fingerprint density at radius 3 is 2.16 bits per heavy atom. The lowest BCUT2D eigenvalue weighted by Crippen LogP contribution is -2.46. The highest BCUT2D eigenvalue weighted by Crippen LogP contribution is 2.19. The molecular weight excluding hydrogens is 258 g/mol. The Labute approximate surface area is 118 Å². The first kappa shape index (κ1) is 12.3. The zero-order chi connectivity index (χ0) is 13.1. The van der Waals surface area contributed by atoms with Gasteiger partial charge in [-0.25, -0.2) is 4.98 Å². The molecule has 2 heterocycles. The van der Waals surface area contributed by atoms with E-state index in [2.05, 4.69) is 45.1 Å². The van der Waals surface area contributed by atoms with Gasteiger partial charge in [-0.2, -0.15) is 0 Å². The van der Waals surface area contributed by atoms with Gasteiger partial charge in [-0.05, 0) is 24.3 Å². The molecule has 1 aromatic heterocycles. The van der Waals surface area contributed by atoms with Gasteiger partial charge in [-0.1, -0.05) is 35.9 Å². The molecule has 98 valence electrons. The van der Waals surface area contributed by atoms with Crippen LogP contribution >= 0.6 is 11.6 Å². The van der Waals surface area contributed by atoms with Crippen molar-refractivity contribution in [3.05, 3.63) is 53.7 Å². The Hall–Kier alpha value is -1.74. The Morgan fingerprint density at radius 1 is 0.789 bits per heavy atom. The summed E-state index contributed by atoms with van der Waals surface area (Å²) >= 11 is 5.94. The highest BCUT2D eigenvalue weighted by molar-refractivity contribution is 6.29. The molecule has 0 spiro atoms. The molecule has 1 aromatic carbocycles. The van der Waals surface area contributed by atoms with E-state index in [1.807, 2.05) is 18.2 Å². The number of nitrogens with zero attached hydrogens (tertiary/aromatic N) is 3. The molecule has 19 heavy (non-hydrogen) atoms. The van der Waals surface area contributed by atoms with E-state index in [1.165, 1.54) is 5.69 Å². The SMILES string of the molecule is Clc1cccc(N2CCN(c3ccccc3)CC2)n1. The average molecular weight is 274 g/mol. The molecule has 1 saturated heterocycles. The summed E-state index contributed by atoms with van der Waals surface area (Å²) in [5.41, 5.74) is 1.29.